The van der Waals surface area contributed by atoms with E-state index in [9.17, 15) is 0 Å². The highest BCUT2D eigenvalue weighted by Crippen LogP contribution is 2.32. The maximum Gasteiger partial charge on any atom is 0.161 e. The molecule has 0 amide bonds. The number of imidazole rings is 1. The molecular weight excluding hydrogens is 240 g/mol. The van der Waals surface area contributed by atoms with Crippen LogP contribution in [0.5, 0.6) is 11.5 Å². The number of methoxy groups -OCH3 is 2. The Hall–Kier alpha value is -2.49. The van der Waals surface area contributed by atoms with Gasteiger partial charge in [0, 0.05) is 6.20 Å². The Morgan fingerprint density at radius 1 is 0.947 bits per heavy atom. The van der Waals surface area contributed by atoms with Gasteiger partial charge in [0.15, 0.2) is 11.5 Å². The first-order chi connectivity index (χ1) is 9.31. The smallest absolute Gasteiger partial charge is 0.161 e. The summed E-state index contributed by atoms with van der Waals surface area (Å²) in [5.41, 5.74) is 3.25. The van der Waals surface area contributed by atoms with E-state index in [4.69, 9.17) is 9.47 Å². The fourth-order valence-corrected chi connectivity index (χ4v) is 2.11. The number of rotatable bonds is 3. The van der Waals surface area contributed by atoms with Gasteiger partial charge in [-0.3, -0.25) is 0 Å². The molecule has 0 aliphatic heterocycles. The number of fused-ring (bicyclic) bond motifs is 1. The van der Waals surface area contributed by atoms with E-state index in [-0.39, 0.29) is 0 Å². The number of hydrogen-bond donors (Lipinski definition) is 0. The van der Waals surface area contributed by atoms with Gasteiger partial charge in [0.25, 0.3) is 0 Å². The predicted octanol–water partition coefficient (Wildman–Crippen LogP) is 3.02. The second-order valence-electron chi connectivity index (χ2n) is 4.21. The fourth-order valence-electron chi connectivity index (χ4n) is 2.11. The maximum atomic E-state index is 5.33. The lowest BCUT2D eigenvalue weighted by Crippen LogP contribution is -1.91. The first-order valence-electron chi connectivity index (χ1n) is 5.96. The van der Waals surface area contributed by atoms with Crippen molar-refractivity contribution in [1.82, 2.24) is 9.38 Å². The van der Waals surface area contributed by atoms with Crippen LogP contribution in [0.4, 0.5) is 0 Å². The SMILES string of the molecule is COc1ccc(-c2ccc3cncn3c2)cc1OC. The van der Waals surface area contributed by atoms with E-state index in [2.05, 4.69) is 11.1 Å². The lowest BCUT2D eigenvalue weighted by atomic mass is 10.1. The van der Waals surface area contributed by atoms with Crippen LogP contribution in [0.3, 0.4) is 0 Å². The van der Waals surface area contributed by atoms with Gasteiger partial charge in [-0.15, -0.1) is 0 Å². The largest absolute Gasteiger partial charge is 0.493 e. The fraction of sp³-hybridized carbons (Fsp3) is 0.133. The van der Waals surface area contributed by atoms with Crippen molar-refractivity contribution in [3.05, 3.63) is 49.1 Å². The van der Waals surface area contributed by atoms with Gasteiger partial charge in [-0.2, -0.15) is 0 Å². The Morgan fingerprint density at radius 3 is 2.53 bits per heavy atom. The van der Waals surface area contributed by atoms with Crippen molar-refractivity contribution in [2.24, 2.45) is 0 Å². The highest BCUT2D eigenvalue weighted by molar-refractivity contribution is 5.68. The van der Waals surface area contributed by atoms with E-state index in [1.54, 1.807) is 20.5 Å². The van der Waals surface area contributed by atoms with E-state index in [1.807, 2.05) is 41.1 Å². The van der Waals surface area contributed by atoms with E-state index in [1.165, 1.54) is 0 Å². The number of pyridine rings is 1. The molecule has 0 spiro atoms. The molecule has 2 heterocycles. The van der Waals surface area contributed by atoms with E-state index < -0.39 is 0 Å². The zero-order valence-corrected chi connectivity index (χ0v) is 10.8. The molecule has 96 valence electrons. The molecule has 0 atom stereocenters. The van der Waals surface area contributed by atoms with Gasteiger partial charge in [0.2, 0.25) is 0 Å². The van der Waals surface area contributed by atoms with Crippen molar-refractivity contribution in [2.75, 3.05) is 14.2 Å². The molecule has 0 bridgehead atoms. The molecular formula is C15H14N2O2. The summed E-state index contributed by atoms with van der Waals surface area (Å²) in [5.74, 6) is 1.46. The van der Waals surface area contributed by atoms with Crippen LogP contribution in [-0.4, -0.2) is 23.6 Å². The van der Waals surface area contributed by atoms with E-state index in [0.29, 0.717) is 0 Å². The molecule has 0 fully saturated rings. The maximum absolute atomic E-state index is 5.33. The molecule has 0 aliphatic rings. The lowest BCUT2D eigenvalue weighted by Gasteiger charge is -2.10. The van der Waals surface area contributed by atoms with E-state index in [0.717, 1.165) is 28.1 Å². The average Bonchev–Trinajstić information content (AvgIpc) is 2.93. The van der Waals surface area contributed by atoms with Crippen LogP contribution in [0, 0.1) is 0 Å². The summed E-state index contributed by atoms with van der Waals surface area (Å²) in [7, 11) is 3.27. The van der Waals surface area contributed by atoms with Crippen molar-refractivity contribution < 1.29 is 9.47 Å². The zero-order chi connectivity index (χ0) is 13.2. The van der Waals surface area contributed by atoms with Gasteiger partial charge < -0.3 is 13.9 Å². The van der Waals surface area contributed by atoms with Crippen LogP contribution in [0.25, 0.3) is 16.6 Å². The topological polar surface area (TPSA) is 35.8 Å². The van der Waals surface area contributed by atoms with Crippen LogP contribution < -0.4 is 9.47 Å². The number of ether oxygens (including phenoxy) is 2. The molecule has 0 radical (unpaired) electrons. The van der Waals surface area contributed by atoms with Crippen LogP contribution >= 0.6 is 0 Å². The quantitative estimate of drug-likeness (QED) is 0.720. The standard InChI is InChI=1S/C15H14N2O2/c1-18-14-6-4-11(7-15(14)19-2)12-3-5-13-8-16-10-17(13)9-12/h3-10H,1-2H3. The molecule has 0 saturated heterocycles. The van der Waals surface area contributed by atoms with Gasteiger partial charge in [-0.25, -0.2) is 4.98 Å². The first-order valence-corrected chi connectivity index (χ1v) is 5.96. The van der Waals surface area contributed by atoms with E-state index >= 15 is 0 Å². The Morgan fingerprint density at radius 2 is 1.74 bits per heavy atom. The second kappa shape index (κ2) is 4.65. The minimum atomic E-state index is 0.728. The first kappa shape index (κ1) is 11.6. The molecule has 19 heavy (non-hydrogen) atoms. The van der Waals surface area contributed by atoms with Gasteiger partial charge >= 0.3 is 0 Å². The molecule has 0 unspecified atom stereocenters. The van der Waals surface area contributed by atoms with Crippen molar-refractivity contribution in [3.63, 3.8) is 0 Å². The van der Waals surface area contributed by atoms with Gasteiger partial charge in [0.1, 0.15) is 0 Å². The molecule has 3 rings (SSSR count). The van der Waals surface area contributed by atoms with Crippen molar-refractivity contribution in [3.8, 4) is 22.6 Å². The number of nitrogens with zero attached hydrogens (tertiary/aromatic N) is 2. The minimum absolute atomic E-state index is 0.728. The summed E-state index contributed by atoms with van der Waals surface area (Å²) in [5, 5.41) is 0. The summed E-state index contributed by atoms with van der Waals surface area (Å²) in [6.45, 7) is 0. The Balaban J connectivity index is 2.09. The third-order valence-corrected chi connectivity index (χ3v) is 3.12. The Labute approximate surface area is 111 Å². The summed E-state index contributed by atoms with van der Waals surface area (Å²) in [4.78, 5) is 4.12. The van der Waals surface area contributed by atoms with Gasteiger partial charge in [-0.05, 0) is 29.3 Å². The van der Waals surface area contributed by atoms with Crippen LogP contribution in [0.2, 0.25) is 0 Å². The summed E-state index contributed by atoms with van der Waals surface area (Å²) >= 11 is 0. The summed E-state index contributed by atoms with van der Waals surface area (Å²) in [6, 6.07) is 10.00. The van der Waals surface area contributed by atoms with Crippen molar-refractivity contribution >= 4 is 5.52 Å². The number of benzene rings is 1. The highest BCUT2D eigenvalue weighted by atomic mass is 16.5. The molecule has 4 heteroatoms. The number of aromatic nitrogens is 2. The molecule has 3 aromatic rings. The third kappa shape index (κ3) is 2.01. The van der Waals surface area contributed by atoms with Gasteiger partial charge in [-0.1, -0.05) is 12.1 Å². The summed E-state index contributed by atoms with van der Waals surface area (Å²) in [6.07, 6.45) is 5.67. The highest BCUT2D eigenvalue weighted by Gasteiger charge is 2.06. The monoisotopic (exact) mass is 254 g/mol. The lowest BCUT2D eigenvalue weighted by molar-refractivity contribution is 0.355. The Kier molecular flexibility index (Phi) is 2.83. The van der Waals surface area contributed by atoms with Crippen LogP contribution in [0.15, 0.2) is 49.1 Å². The van der Waals surface area contributed by atoms with Crippen LogP contribution in [0.1, 0.15) is 0 Å². The van der Waals surface area contributed by atoms with Crippen molar-refractivity contribution in [2.45, 2.75) is 0 Å². The second-order valence-corrected chi connectivity index (χ2v) is 4.21. The zero-order valence-electron chi connectivity index (χ0n) is 10.8. The van der Waals surface area contributed by atoms with Crippen LogP contribution in [-0.2, 0) is 0 Å². The molecule has 4 nitrogen and oxygen atoms in total. The molecule has 0 saturated carbocycles. The normalized spacial score (nSPS) is 10.6. The predicted molar refractivity (Wildman–Crippen MR) is 73.7 cm³/mol. The Bertz CT molecular complexity index is 719. The summed E-state index contributed by atoms with van der Waals surface area (Å²) < 4.78 is 12.6. The average molecular weight is 254 g/mol. The molecule has 0 aliphatic carbocycles. The third-order valence-electron chi connectivity index (χ3n) is 3.12. The minimum Gasteiger partial charge on any atom is -0.493 e. The molecule has 0 N–H and O–H groups in total. The van der Waals surface area contributed by atoms with Crippen molar-refractivity contribution in [1.29, 1.82) is 0 Å². The number of hydrogen-bond acceptors (Lipinski definition) is 3. The molecule has 2 aromatic heterocycles. The van der Waals surface area contributed by atoms with Gasteiger partial charge in [0.05, 0.1) is 32.3 Å². The molecule has 1 aromatic carbocycles.